The van der Waals surface area contributed by atoms with Gasteiger partial charge in [-0.1, -0.05) is 83.9 Å². The monoisotopic (exact) mass is 464 g/mol. The summed E-state index contributed by atoms with van der Waals surface area (Å²) in [4.78, 5) is 0. The van der Waals surface area contributed by atoms with E-state index in [1.54, 1.807) is 36.4 Å². The molecule has 0 saturated heterocycles. The average molecular weight is 465 g/mol. The molecule has 2 atom stereocenters. The molecule has 0 heterocycles. The molecule has 0 radical (unpaired) electrons. The minimum atomic E-state index is -0.513. The van der Waals surface area contributed by atoms with Gasteiger partial charge in [0.15, 0.2) is 0 Å². The van der Waals surface area contributed by atoms with Crippen molar-refractivity contribution in [2.45, 2.75) is 12.1 Å². The van der Waals surface area contributed by atoms with Crippen LogP contribution >= 0.6 is 23.2 Å². The summed E-state index contributed by atoms with van der Waals surface area (Å²) in [5, 5.41) is 29.5. The zero-order valence-electron chi connectivity index (χ0n) is 17.0. The molecule has 32 heavy (non-hydrogen) atoms. The van der Waals surface area contributed by atoms with Crippen LogP contribution in [0.3, 0.4) is 0 Å². The van der Waals surface area contributed by atoms with E-state index < -0.39 is 12.1 Å². The van der Waals surface area contributed by atoms with E-state index in [0.29, 0.717) is 32.5 Å². The summed E-state index contributed by atoms with van der Waals surface area (Å²) in [6.07, 6.45) is 0. The van der Waals surface area contributed by atoms with Crippen molar-refractivity contribution in [3.63, 3.8) is 0 Å². The molecule has 6 heteroatoms. The molecule has 0 unspecified atom stereocenters. The van der Waals surface area contributed by atoms with Gasteiger partial charge >= 0.3 is 0 Å². The van der Waals surface area contributed by atoms with Crippen LogP contribution in [0.2, 0.25) is 10.0 Å². The van der Waals surface area contributed by atoms with Crippen LogP contribution in [-0.2, 0) is 0 Å². The summed E-state index contributed by atoms with van der Waals surface area (Å²) >= 11 is 12.9. The maximum Gasteiger partial charge on any atom is 0.120 e. The summed E-state index contributed by atoms with van der Waals surface area (Å²) in [5.41, 5.74) is 2.67. The Morgan fingerprint density at radius 3 is 1.22 bits per heavy atom. The summed E-state index contributed by atoms with van der Waals surface area (Å²) in [6, 6.07) is 27.9. The lowest BCUT2D eigenvalue weighted by Gasteiger charge is -2.32. The van der Waals surface area contributed by atoms with Gasteiger partial charge in [-0.3, -0.25) is 0 Å². The standard InChI is InChI=1S/C26H22Cl2N2O2/c27-19-11-3-5-13-21(19)29-25(17-9-1-7-15-23(17)31)26(18-10-2-8-16-24(18)32)30-22-14-6-4-12-20(22)28/h1-16,25-26,29-32H/t25-,26-/m0/s1. The van der Waals surface area contributed by atoms with Crippen LogP contribution < -0.4 is 10.6 Å². The molecular formula is C26H22Cl2N2O2. The molecule has 0 bridgehead atoms. The van der Waals surface area contributed by atoms with Gasteiger partial charge in [0.2, 0.25) is 0 Å². The first-order valence-corrected chi connectivity index (χ1v) is 10.9. The van der Waals surface area contributed by atoms with Gasteiger partial charge < -0.3 is 20.8 Å². The van der Waals surface area contributed by atoms with E-state index >= 15 is 0 Å². The number of halogens is 2. The van der Waals surface area contributed by atoms with Crippen molar-refractivity contribution in [2.24, 2.45) is 0 Å². The number of phenols is 2. The Labute approximate surface area is 197 Å². The van der Waals surface area contributed by atoms with E-state index in [4.69, 9.17) is 23.2 Å². The van der Waals surface area contributed by atoms with Gasteiger partial charge in [-0.15, -0.1) is 0 Å². The Bertz CT molecular complexity index is 1120. The third-order valence-electron chi connectivity index (χ3n) is 5.25. The zero-order chi connectivity index (χ0) is 22.5. The van der Waals surface area contributed by atoms with Gasteiger partial charge in [0, 0.05) is 11.1 Å². The molecule has 4 N–H and O–H groups in total. The Morgan fingerprint density at radius 1 is 0.500 bits per heavy atom. The number of benzene rings is 4. The van der Waals surface area contributed by atoms with Gasteiger partial charge in [0.05, 0.1) is 33.5 Å². The minimum Gasteiger partial charge on any atom is -0.508 e. The van der Waals surface area contributed by atoms with Crippen LogP contribution in [0.5, 0.6) is 11.5 Å². The molecule has 0 saturated carbocycles. The van der Waals surface area contributed by atoms with Crippen LogP contribution in [0.1, 0.15) is 23.2 Å². The Hall–Kier alpha value is -3.34. The second-order valence-corrected chi connectivity index (χ2v) is 8.14. The van der Waals surface area contributed by atoms with Crippen molar-refractivity contribution in [1.29, 1.82) is 0 Å². The average Bonchev–Trinajstić information content (AvgIpc) is 2.80. The molecule has 0 spiro atoms. The molecule has 0 amide bonds. The smallest absolute Gasteiger partial charge is 0.120 e. The SMILES string of the molecule is Oc1ccccc1[C@H](Nc1ccccc1Cl)[C@@H](Nc1ccccc1Cl)c1ccccc1O. The molecule has 0 fully saturated rings. The highest BCUT2D eigenvalue weighted by molar-refractivity contribution is 6.33. The van der Waals surface area contributed by atoms with E-state index in [0.717, 1.165) is 0 Å². The van der Waals surface area contributed by atoms with Gasteiger partial charge in [-0.25, -0.2) is 0 Å². The molecule has 4 aromatic carbocycles. The van der Waals surface area contributed by atoms with E-state index in [-0.39, 0.29) is 11.5 Å². The van der Waals surface area contributed by atoms with Gasteiger partial charge in [0.1, 0.15) is 11.5 Å². The quantitative estimate of drug-likeness (QED) is 0.230. The van der Waals surface area contributed by atoms with Crippen molar-refractivity contribution < 1.29 is 10.2 Å². The number of phenolic OH excluding ortho intramolecular Hbond substituents is 2. The van der Waals surface area contributed by atoms with Crippen LogP contribution in [0.25, 0.3) is 0 Å². The molecule has 0 aliphatic heterocycles. The molecule has 4 aromatic rings. The Kier molecular flexibility index (Phi) is 6.74. The first-order valence-electron chi connectivity index (χ1n) is 10.1. The Morgan fingerprint density at radius 2 is 0.844 bits per heavy atom. The minimum absolute atomic E-state index is 0.124. The molecule has 4 nitrogen and oxygen atoms in total. The normalized spacial score (nSPS) is 12.7. The van der Waals surface area contributed by atoms with Crippen LogP contribution in [-0.4, -0.2) is 10.2 Å². The Balaban J connectivity index is 1.87. The molecule has 0 aliphatic carbocycles. The van der Waals surface area contributed by atoms with Crippen molar-refractivity contribution in [3.8, 4) is 11.5 Å². The predicted molar refractivity (Wildman–Crippen MR) is 132 cm³/mol. The first-order chi connectivity index (χ1) is 15.5. The fraction of sp³-hybridized carbons (Fsp3) is 0.0769. The number of hydrogen-bond donors (Lipinski definition) is 4. The van der Waals surface area contributed by atoms with Crippen molar-refractivity contribution in [2.75, 3.05) is 10.6 Å². The van der Waals surface area contributed by atoms with Crippen molar-refractivity contribution in [3.05, 3.63) is 118 Å². The van der Waals surface area contributed by atoms with Gasteiger partial charge in [0.25, 0.3) is 0 Å². The van der Waals surface area contributed by atoms with E-state index in [1.807, 2.05) is 60.7 Å². The lowest BCUT2D eigenvalue weighted by atomic mass is 9.91. The number of hydrogen-bond acceptors (Lipinski definition) is 4. The van der Waals surface area contributed by atoms with E-state index in [2.05, 4.69) is 10.6 Å². The first kappa shape index (κ1) is 21.9. The highest BCUT2D eigenvalue weighted by atomic mass is 35.5. The summed E-state index contributed by atoms with van der Waals surface area (Å²) in [7, 11) is 0. The number of nitrogens with one attached hydrogen (secondary N) is 2. The van der Waals surface area contributed by atoms with E-state index in [9.17, 15) is 10.2 Å². The highest BCUT2D eigenvalue weighted by Gasteiger charge is 2.30. The summed E-state index contributed by atoms with van der Waals surface area (Å²) in [5.74, 6) is 0.247. The molecular weight excluding hydrogens is 443 g/mol. The van der Waals surface area contributed by atoms with Crippen molar-refractivity contribution in [1.82, 2.24) is 0 Å². The number of aromatic hydroxyl groups is 2. The largest absolute Gasteiger partial charge is 0.508 e. The van der Waals surface area contributed by atoms with Gasteiger partial charge in [-0.05, 0) is 36.4 Å². The van der Waals surface area contributed by atoms with Crippen LogP contribution in [0, 0.1) is 0 Å². The van der Waals surface area contributed by atoms with Crippen molar-refractivity contribution >= 4 is 34.6 Å². The maximum absolute atomic E-state index is 10.7. The lowest BCUT2D eigenvalue weighted by molar-refractivity contribution is 0.447. The second kappa shape index (κ2) is 9.86. The summed E-state index contributed by atoms with van der Waals surface area (Å²) < 4.78 is 0. The predicted octanol–water partition coefficient (Wildman–Crippen LogP) is 7.41. The third-order valence-corrected chi connectivity index (χ3v) is 5.91. The molecule has 162 valence electrons. The number of para-hydroxylation sites is 4. The highest BCUT2D eigenvalue weighted by Crippen LogP contribution is 2.42. The lowest BCUT2D eigenvalue weighted by Crippen LogP contribution is -2.26. The van der Waals surface area contributed by atoms with Gasteiger partial charge in [-0.2, -0.15) is 0 Å². The van der Waals surface area contributed by atoms with Crippen LogP contribution in [0.4, 0.5) is 11.4 Å². The number of rotatable bonds is 7. The fourth-order valence-electron chi connectivity index (χ4n) is 3.67. The fourth-order valence-corrected chi connectivity index (χ4v) is 4.05. The summed E-state index contributed by atoms with van der Waals surface area (Å²) in [6.45, 7) is 0. The second-order valence-electron chi connectivity index (χ2n) is 7.32. The van der Waals surface area contributed by atoms with E-state index in [1.165, 1.54) is 0 Å². The third kappa shape index (κ3) is 4.77. The maximum atomic E-state index is 10.7. The zero-order valence-corrected chi connectivity index (χ0v) is 18.6. The molecule has 0 aliphatic rings. The molecule has 4 rings (SSSR count). The molecule has 0 aromatic heterocycles. The number of anilines is 2. The van der Waals surface area contributed by atoms with Crippen LogP contribution in [0.15, 0.2) is 97.1 Å². The topological polar surface area (TPSA) is 64.5 Å².